The maximum atomic E-state index is 6.47. The topological polar surface area (TPSA) is 73.8 Å². The van der Waals surface area contributed by atoms with Crippen molar-refractivity contribution in [3.8, 4) is 22.6 Å². The Balaban J connectivity index is 1.50. The summed E-state index contributed by atoms with van der Waals surface area (Å²) in [5.41, 5.74) is 5.76. The van der Waals surface area contributed by atoms with Crippen LogP contribution in [-0.4, -0.2) is 93.5 Å². The lowest BCUT2D eigenvalue weighted by molar-refractivity contribution is 0.0179. The number of hydrogen-bond donors (Lipinski definition) is 0. The van der Waals surface area contributed by atoms with Gasteiger partial charge in [-0.05, 0) is 66.4 Å². The highest BCUT2D eigenvalue weighted by Crippen LogP contribution is 2.44. The van der Waals surface area contributed by atoms with Gasteiger partial charge in [0, 0.05) is 25.0 Å². The third-order valence-electron chi connectivity index (χ3n) is 7.41. The van der Waals surface area contributed by atoms with Crippen LogP contribution in [-0.2, 0) is 28.4 Å². The van der Waals surface area contributed by atoms with Gasteiger partial charge in [-0.3, -0.25) is 0 Å². The van der Waals surface area contributed by atoms with Gasteiger partial charge in [0.1, 0.15) is 24.7 Å². The molecule has 4 rings (SSSR count). The molecular formula is C37H48O8. The van der Waals surface area contributed by atoms with Gasteiger partial charge in [0.15, 0.2) is 0 Å². The molecule has 0 unspecified atom stereocenters. The Bertz CT molecular complexity index is 1490. The van der Waals surface area contributed by atoms with E-state index in [-0.39, 0.29) is 0 Å². The predicted octanol–water partition coefficient (Wildman–Crippen LogP) is 6.70. The first-order valence-electron chi connectivity index (χ1n) is 15.7. The Kier molecular flexibility index (Phi) is 14.4. The fraction of sp³-hybridized carbons (Fsp3) is 0.459. The lowest BCUT2D eigenvalue weighted by atomic mass is 9.89. The predicted molar refractivity (Wildman–Crippen MR) is 179 cm³/mol. The van der Waals surface area contributed by atoms with Crippen LogP contribution < -0.4 is 9.47 Å². The summed E-state index contributed by atoms with van der Waals surface area (Å²) < 4.78 is 44.8. The van der Waals surface area contributed by atoms with Gasteiger partial charge in [-0.1, -0.05) is 47.5 Å². The molecule has 0 radical (unpaired) electrons. The van der Waals surface area contributed by atoms with Crippen LogP contribution in [0.2, 0.25) is 0 Å². The van der Waals surface area contributed by atoms with Gasteiger partial charge in [-0.2, -0.15) is 0 Å². The molecule has 0 saturated carbocycles. The van der Waals surface area contributed by atoms with E-state index in [1.54, 1.807) is 14.2 Å². The molecule has 0 atom stereocenters. The van der Waals surface area contributed by atoms with Crippen LogP contribution in [0.15, 0.2) is 54.6 Å². The van der Waals surface area contributed by atoms with Gasteiger partial charge in [0.25, 0.3) is 0 Å². The first kappa shape index (κ1) is 34.6. The van der Waals surface area contributed by atoms with Gasteiger partial charge in [-0.15, -0.1) is 0 Å². The van der Waals surface area contributed by atoms with Gasteiger partial charge in [0.05, 0.1) is 66.1 Å². The fourth-order valence-corrected chi connectivity index (χ4v) is 5.19. The van der Waals surface area contributed by atoms with E-state index in [0.717, 1.165) is 44.2 Å². The molecule has 0 heterocycles. The standard InChI is InChI=1S/C37H48O8/c1-27-7-10-32-33(24-27)36(30-8-11-35(29(3)26-30)44-22-20-42-18-16-40-14-12-38-4)31-9-6-28(2)25-34(31)37(32)45-23-21-43-19-17-41-15-13-39-5/h6-11,24-26H,12-23H2,1-5H3. The second-order valence-electron chi connectivity index (χ2n) is 10.9. The van der Waals surface area contributed by atoms with Crippen molar-refractivity contribution in [2.45, 2.75) is 20.8 Å². The first-order chi connectivity index (χ1) is 22.0. The molecule has 0 saturated heterocycles. The van der Waals surface area contributed by atoms with Crippen LogP contribution in [0, 0.1) is 20.8 Å². The summed E-state index contributed by atoms with van der Waals surface area (Å²) in [6.07, 6.45) is 0. The molecule has 45 heavy (non-hydrogen) atoms. The van der Waals surface area contributed by atoms with E-state index in [4.69, 9.17) is 37.9 Å². The highest BCUT2D eigenvalue weighted by atomic mass is 16.6. The molecule has 0 bridgehead atoms. The molecule has 8 heteroatoms. The van der Waals surface area contributed by atoms with E-state index in [9.17, 15) is 0 Å². The quantitative estimate of drug-likeness (QED) is 0.0753. The summed E-state index contributed by atoms with van der Waals surface area (Å²) in [4.78, 5) is 0. The minimum absolute atomic E-state index is 0.444. The van der Waals surface area contributed by atoms with E-state index >= 15 is 0 Å². The average Bonchev–Trinajstić information content (AvgIpc) is 3.03. The molecule has 0 aliphatic heterocycles. The normalized spacial score (nSPS) is 11.5. The molecule has 0 aromatic heterocycles. The highest BCUT2D eigenvalue weighted by molar-refractivity contribution is 6.17. The Morgan fingerprint density at radius 2 is 0.956 bits per heavy atom. The van der Waals surface area contributed by atoms with E-state index in [2.05, 4.69) is 75.4 Å². The molecule has 0 spiro atoms. The summed E-state index contributed by atoms with van der Waals surface area (Å²) in [5, 5.41) is 4.47. The van der Waals surface area contributed by atoms with Crippen molar-refractivity contribution in [2.75, 3.05) is 93.5 Å². The summed E-state index contributed by atoms with van der Waals surface area (Å²) in [6.45, 7) is 12.6. The zero-order valence-electron chi connectivity index (χ0n) is 27.4. The third kappa shape index (κ3) is 10.1. The van der Waals surface area contributed by atoms with Crippen LogP contribution in [0.4, 0.5) is 0 Å². The van der Waals surface area contributed by atoms with Crippen LogP contribution >= 0.6 is 0 Å². The summed E-state index contributed by atoms with van der Waals surface area (Å²) >= 11 is 0. The maximum Gasteiger partial charge on any atom is 0.135 e. The van der Waals surface area contributed by atoms with Crippen molar-refractivity contribution in [1.29, 1.82) is 0 Å². The molecule has 4 aromatic carbocycles. The number of benzene rings is 4. The summed E-state index contributed by atoms with van der Waals surface area (Å²) in [7, 11) is 3.32. The Labute approximate surface area is 267 Å². The van der Waals surface area contributed by atoms with Crippen LogP contribution in [0.25, 0.3) is 32.7 Å². The number of methoxy groups -OCH3 is 2. The number of hydrogen-bond acceptors (Lipinski definition) is 8. The lowest BCUT2D eigenvalue weighted by Gasteiger charge is -2.19. The van der Waals surface area contributed by atoms with Gasteiger partial charge < -0.3 is 37.9 Å². The van der Waals surface area contributed by atoms with Crippen molar-refractivity contribution in [1.82, 2.24) is 0 Å². The number of ether oxygens (including phenoxy) is 8. The molecule has 0 aliphatic rings. The van der Waals surface area contributed by atoms with Crippen molar-refractivity contribution in [3.63, 3.8) is 0 Å². The SMILES string of the molecule is COCCOCCOCCOc1ccc(-c2c3ccc(C)cc3c(OCCOCCOCCOC)c3ccc(C)cc23)cc1C. The Morgan fingerprint density at radius 3 is 1.53 bits per heavy atom. The third-order valence-corrected chi connectivity index (χ3v) is 7.41. The Hall–Kier alpha value is -3.24. The van der Waals surface area contributed by atoms with E-state index in [1.807, 2.05) is 0 Å². The minimum Gasteiger partial charge on any atom is -0.491 e. The van der Waals surface area contributed by atoms with Gasteiger partial charge in [0.2, 0.25) is 0 Å². The number of rotatable bonds is 21. The van der Waals surface area contributed by atoms with E-state index in [1.165, 1.54) is 16.7 Å². The average molecular weight is 621 g/mol. The van der Waals surface area contributed by atoms with Crippen LogP contribution in [0.1, 0.15) is 16.7 Å². The molecule has 0 fully saturated rings. The molecule has 0 N–H and O–H groups in total. The van der Waals surface area contributed by atoms with Gasteiger partial charge in [-0.25, -0.2) is 0 Å². The second kappa shape index (κ2) is 18.7. The second-order valence-corrected chi connectivity index (χ2v) is 10.9. The maximum absolute atomic E-state index is 6.47. The minimum atomic E-state index is 0.444. The van der Waals surface area contributed by atoms with Crippen molar-refractivity contribution in [3.05, 3.63) is 71.3 Å². The molecule has 8 nitrogen and oxygen atoms in total. The number of aryl methyl sites for hydroxylation is 3. The van der Waals surface area contributed by atoms with E-state index < -0.39 is 0 Å². The molecule has 0 amide bonds. The smallest absolute Gasteiger partial charge is 0.135 e. The summed E-state index contributed by atoms with van der Waals surface area (Å²) in [5.74, 6) is 1.73. The van der Waals surface area contributed by atoms with Crippen molar-refractivity contribution in [2.24, 2.45) is 0 Å². The molecule has 4 aromatic rings. The van der Waals surface area contributed by atoms with E-state index in [0.29, 0.717) is 79.3 Å². The molecule has 0 aliphatic carbocycles. The Morgan fingerprint density at radius 1 is 0.444 bits per heavy atom. The van der Waals surface area contributed by atoms with Crippen molar-refractivity contribution < 1.29 is 37.9 Å². The fourth-order valence-electron chi connectivity index (χ4n) is 5.19. The summed E-state index contributed by atoms with van der Waals surface area (Å²) in [6, 6.07) is 19.6. The largest absolute Gasteiger partial charge is 0.491 e. The zero-order chi connectivity index (χ0) is 31.9. The number of fused-ring (bicyclic) bond motifs is 2. The highest BCUT2D eigenvalue weighted by Gasteiger charge is 2.18. The monoisotopic (exact) mass is 620 g/mol. The van der Waals surface area contributed by atoms with Crippen molar-refractivity contribution >= 4 is 21.5 Å². The zero-order valence-corrected chi connectivity index (χ0v) is 27.4. The molecule has 244 valence electrons. The van der Waals surface area contributed by atoms with Crippen LogP contribution in [0.5, 0.6) is 11.5 Å². The first-order valence-corrected chi connectivity index (χ1v) is 15.7. The molecular weight excluding hydrogens is 572 g/mol. The van der Waals surface area contributed by atoms with Gasteiger partial charge >= 0.3 is 0 Å². The van der Waals surface area contributed by atoms with Crippen LogP contribution in [0.3, 0.4) is 0 Å². The lowest BCUT2D eigenvalue weighted by Crippen LogP contribution is -2.12.